The van der Waals surface area contributed by atoms with Crippen LogP contribution < -0.4 is 10.5 Å². The van der Waals surface area contributed by atoms with Crippen LogP contribution in [0.25, 0.3) is 0 Å². The second kappa shape index (κ2) is 5.87. The molecule has 4 heteroatoms. The number of esters is 1. The van der Waals surface area contributed by atoms with E-state index in [1.54, 1.807) is 6.92 Å². The highest BCUT2D eigenvalue weighted by molar-refractivity contribution is 5.71. The van der Waals surface area contributed by atoms with E-state index in [4.69, 9.17) is 15.2 Å². The number of benzene rings is 1. The van der Waals surface area contributed by atoms with Gasteiger partial charge in [-0.2, -0.15) is 0 Å². The van der Waals surface area contributed by atoms with Crippen molar-refractivity contribution in [3.63, 3.8) is 0 Å². The average Bonchev–Trinajstić information content (AvgIpc) is 2.78. The molecule has 2 rings (SSSR count). The van der Waals surface area contributed by atoms with Gasteiger partial charge in [0.1, 0.15) is 5.75 Å². The van der Waals surface area contributed by atoms with Gasteiger partial charge in [0, 0.05) is 0 Å². The smallest absolute Gasteiger partial charge is 0.344 e. The number of rotatable bonds is 5. The van der Waals surface area contributed by atoms with Crippen molar-refractivity contribution in [1.29, 1.82) is 0 Å². The van der Waals surface area contributed by atoms with E-state index in [9.17, 15) is 4.79 Å². The van der Waals surface area contributed by atoms with Crippen molar-refractivity contribution >= 4 is 5.97 Å². The van der Waals surface area contributed by atoms with Gasteiger partial charge in [0.05, 0.1) is 6.61 Å². The lowest BCUT2D eigenvalue weighted by atomic mass is 10.1. The minimum absolute atomic E-state index is 0.0348. The zero-order valence-electron chi connectivity index (χ0n) is 10.6. The molecule has 0 saturated carbocycles. The molecule has 1 atom stereocenters. The maximum absolute atomic E-state index is 11.2. The molecular formula is C14H19NO3. The van der Waals surface area contributed by atoms with Crippen molar-refractivity contribution in [3.05, 3.63) is 29.3 Å². The van der Waals surface area contributed by atoms with E-state index in [1.807, 2.05) is 12.1 Å². The number of fused-ring (bicyclic) bond motifs is 1. The zero-order valence-corrected chi connectivity index (χ0v) is 10.6. The molecule has 0 aromatic heterocycles. The van der Waals surface area contributed by atoms with Gasteiger partial charge in [-0.1, -0.05) is 6.07 Å². The summed E-state index contributed by atoms with van der Waals surface area (Å²) in [6, 6.07) is 5.96. The largest absolute Gasteiger partial charge is 0.482 e. The molecule has 1 aliphatic rings. The Morgan fingerprint density at radius 1 is 1.39 bits per heavy atom. The van der Waals surface area contributed by atoms with Crippen LogP contribution in [0.3, 0.4) is 0 Å². The van der Waals surface area contributed by atoms with Crippen molar-refractivity contribution < 1.29 is 14.3 Å². The monoisotopic (exact) mass is 249 g/mol. The molecule has 1 aromatic carbocycles. The summed E-state index contributed by atoms with van der Waals surface area (Å²) >= 11 is 0. The molecule has 0 heterocycles. The summed E-state index contributed by atoms with van der Waals surface area (Å²) < 4.78 is 10.2. The van der Waals surface area contributed by atoms with Crippen LogP contribution in [-0.4, -0.2) is 25.7 Å². The third-order valence-electron chi connectivity index (χ3n) is 3.19. The molecule has 0 saturated heterocycles. The fraction of sp³-hybridized carbons (Fsp3) is 0.500. The molecule has 1 aromatic rings. The van der Waals surface area contributed by atoms with Crippen molar-refractivity contribution in [2.45, 2.75) is 19.8 Å². The van der Waals surface area contributed by atoms with Gasteiger partial charge in [0.2, 0.25) is 0 Å². The fourth-order valence-corrected chi connectivity index (χ4v) is 2.29. The van der Waals surface area contributed by atoms with Crippen LogP contribution in [-0.2, 0) is 22.4 Å². The lowest BCUT2D eigenvalue weighted by Crippen LogP contribution is -2.14. The van der Waals surface area contributed by atoms with E-state index in [-0.39, 0.29) is 12.6 Å². The molecule has 0 aliphatic heterocycles. The Hall–Kier alpha value is -1.55. The summed E-state index contributed by atoms with van der Waals surface area (Å²) in [7, 11) is 0. The summed E-state index contributed by atoms with van der Waals surface area (Å²) in [5, 5.41) is 0. The van der Waals surface area contributed by atoms with Crippen molar-refractivity contribution in [2.24, 2.45) is 11.7 Å². The first kappa shape index (κ1) is 12.9. The minimum atomic E-state index is -0.335. The molecule has 0 bridgehead atoms. The first-order chi connectivity index (χ1) is 8.72. The van der Waals surface area contributed by atoms with Crippen LogP contribution in [0.2, 0.25) is 0 Å². The van der Waals surface area contributed by atoms with Crippen molar-refractivity contribution in [1.82, 2.24) is 0 Å². The van der Waals surface area contributed by atoms with Gasteiger partial charge in [-0.25, -0.2) is 4.79 Å². The molecule has 4 nitrogen and oxygen atoms in total. The predicted molar refractivity (Wildman–Crippen MR) is 68.5 cm³/mol. The molecule has 2 N–H and O–H groups in total. The van der Waals surface area contributed by atoms with Gasteiger partial charge in [-0.15, -0.1) is 0 Å². The highest BCUT2D eigenvalue weighted by Crippen LogP contribution is 2.29. The quantitative estimate of drug-likeness (QED) is 0.799. The lowest BCUT2D eigenvalue weighted by molar-refractivity contribution is -0.145. The Balaban J connectivity index is 1.94. The lowest BCUT2D eigenvalue weighted by Gasteiger charge is -2.07. The van der Waals surface area contributed by atoms with Gasteiger partial charge < -0.3 is 15.2 Å². The maximum Gasteiger partial charge on any atom is 0.344 e. The van der Waals surface area contributed by atoms with Gasteiger partial charge in [-0.05, 0) is 55.5 Å². The van der Waals surface area contributed by atoms with Crippen molar-refractivity contribution in [3.8, 4) is 5.75 Å². The Labute approximate surface area is 107 Å². The van der Waals surface area contributed by atoms with Gasteiger partial charge in [0.25, 0.3) is 0 Å². The molecule has 98 valence electrons. The first-order valence-electron chi connectivity index (χ1n) is 6.33. The zero-order chi connectivity index (χ0) is 13.0. The normalized spacial score (nSPS) is 17.3. The van der Waals surface area contributed by atoms with Crippen LogP contribution in [0.5, 0.6) is 5.75 Å². The third kappa shape index (κ3) is 3.01. The SMILES string of the molecule is CCOC(=O)COc1ccc2c(c1)CC(CN)C2. The van der Waals surface area contributed by atoms with Crippen molar-refractivity contribution in [2.75, 3.05) is 19.8 Å². The summed E-state index contributed by atoms with van der Waals surface area (Å²) in [6.45, 7) is 2.84. The number of ether oxygens (including phenoxy) is 2. The average molecular weight is 249 g/mol. The highest BCUT2D eigenvalue weighted by atomic mass is 16.6. The van der Waals surface area contributed by atoms with E-state index in [2.05, 4.69) is 6.07 Å². The van der Waals surface area contributed by atoms with Crippen LogP contribution >= 0.6 is 0 Å². The Morgan fingerprint density at radius 2 is 2.17 bits per heavy atom. The van der Waals surface area contributed by atoms with E-state index >= 15 is 0 Å². The molecule has 0 fully saturated rings. The van der Waals surface area contributed by atoms with Gasteiger partial charge in [0.15, 0.2) is 6.61 Å². The molecule has 0 radical (unpaired) electrons. The maximum atomic E-state index is 11.2. The minimum Gasteiger partial charge on any atom is -0.482 e. The van der Waals surface area contributed by atoms with Gasteiger partial charge >= 0.3 is 5.97 Å². The van der Waals surface area contributed by atoms with E-state index in [1.165, 1.54) is 11.1 Å². The second-order valence-corrected chi connectivity index (χ2v) is 4.53. The number of carbonyl (C=O) groups is 1. The molecule has 1 unspecified atom stereocenters. The number of hydrogen-bond donors (Lipinski definition) is 1. The van der Waals surface area contributed by atoms with E-state index in [0.717, 1.165) is 18.6 Å². The Bertz CT molecular complexity index is 431. The van der Waals surface area contributed by atoms with Gasteiger partial charge in [-0.3, -0.25) is 0 Å². The van der Waals surface area contributed by atoms with Crippen LogP contribution in [0.15, 0.2) is 18.2 Å². The fourth-order valence-electron chi connectivity index (χ4n) is 2.29. The Morgan fingerprint density at radius 3 is 2.89 bits per heavy atom. The molecular weight excluding hydrogens is 230 g/mol. The molecule has 0 spiro atoms. The van der Waals surface area contributed by atoms with Crippen LogP contribution in [0.4, 0.5) is 0 Å². The van der Waals surface area contributed by atoms with E-state index in [0.29, 0.717) is 19.1 Å². The summed E-state index contributed by atoms with van der Waals surface area (Å²) in [4.78, 5) is 11.2. The Kier molecular flexibility index (Phi) is 4.20. The summed E-state index contributed by atoms with van der Waals surface area (Å²) in [5.41, 5.74) is 8.32. The topological polar surface area (TPSA) is 61.5 Å². The first-order valence-corrected chi connectivity index (χ1v) is 6.33. The highest BCUT2D eigenvalue weighted by Gasteiger charge is 2.20. The summed E-state index contributed by atoms with van der Waals surface area (Å²) in [6.07, 6.45) is 2.05. The number of carbonyl (C=O) groups excluding carboxylic acids is 1. The van der Waals surface area contributed by atoms with Crippen LogP contribution in [0, 0.1) is 5.92 Å². The standard InChI is InChI=1S/C14H19NO3/c1-2-17-14(16)9-18-13-4-3-11-5-10(8-15)6-12(11)7-13/h3-4,7,10H,2,5-6,8-9,15H2,1H3. The van der Waals surface area contributed by atoms with Crippen LogP contribution in [0.1, 0.15) is 18.1 Å². The number of hydrogen-bond acceptors (Lipinski definition) is 4. The molecule has 0 amide bonds. The molecule has 1 aliphatic carbocycles. The second-order valence-electron chi connectivity index (χ2n) is 4.53. The number of nitrogens with two attached hydrogens (primary N) is 1. The van der Waals surface area contributed by atoms with E-state index < -0.39 is 0 Å². The molecule has 18 heavy (non-hydrogen) atoms. The predicted octanol–water partition coefficient (Wildman–Crippen LogP) is 1.30. The summed E-state index contributed by atoms with van der Waals surface area (Å²) in [5.74, 6) is 0.928. The third-order valence-corrected chi connectivity index (χ3v) is 3.19.